The van der Waals surface area contributed by atoms with Crippen molar-refractivity contribution in [1.82, 2.24) is 5.32 Å². The normalized spacial score (nSPS) is 21.5. The molecule has 1 aliphatic carbocycles. The molecule has 132 valence electrons. The number of carbonyl (C=O) groups excluding carboxylic acids is 1. The molecule has 0 radical (unpaired) electrons. The van der Waals surface area contributed by atoms with E-state index in [1.165, 1.54) is 5.56 Å². The SMILES string of the molecule is Cc1cc(OC(C)C(=O)N[C@@H]2CC[C@H](C(=O)O)C2)ccc1C(C)C. The number of amides is 1. The van der Waals surface area contributed by atoms with Crippen molar-refractivity contribution in [2.24, 2.45) is 5.92 Å². The molecule has 1 fully saturated rings. The molecule has 2 N–H and O–H groups in total. The van der Waals surface area contributed by atoms with Gasteiger partial charge in [-0.2, -0.15) is 0 Å². The minimum atomic E-state index is -0.781. The van der Waals surface area contributed by atoms with Crippen molar-refractivity contribution in [2.75, 3.05) is 0 Å². The molecule has 1 aromatic rings. The molecule has 0 aliphatic heterocycles. The second-order valence-corrected chi connectivity index (χ2v) is 6.99. The Hall–Kier alpha value is -2.04. The zero-order valence-electron chi connectivity index (χ0n) is 14.8. The van der Waals surface area contributed by atoms with Gasteiger partial charge in [0.15, 0.2) is 6.10 Å². The maximum absolute atomic E-state index is 12.3. The number of carboxylic acid groups (broad SMARTS) is 1. The van der Waals surface area contributed by atoms with E-state index in [2.05, 4.69) is 19.2 Å². The standard InChI is InChI=1S/C19H27NO4/c1-11(2)17-8-7-16(9-12(17)3)24-13(4)18(21)20-15-6-5-14(10-15)19(22)23/h7-9,11,13-15H,5-6,10H2,1-4H3,(H,20,21)(H,22,23)/t13?,14-,15+/m0/s1. The van der Waals surface area contributed by atoms with Gasteiger partial charge in [-0.25, -0.2) is 0 Å². The first-order valence-electron chi connectivity index (χ1n) is 8.58. The Balaban J connectivity index is 1.90. The lowest BCUT2D eigenvalue weighted by atomic mass is 9.98. The second kappa shape index (κ2) is 7.69. The molecule has 2 rings (SSSR count). The molecule has 0 spiro atoms. The van der Waals surface area contributed by atoms with Crippen LogP contribution in [0.4, 0.5) is 0 Å². The highest BCUT2D eigenvalue weighted by atomic mass is 16.5. The van der Waals surface area contributed by atoms with Gasteiger partial charge in [0.05, 0.1) is 5.92 Å². The van der Waals surface area contributed by atoms with E-state index in [-0.39, 0.29) is 17.9 Å². The van der Waals surface area contributed by atoms with Crippen molar-refractivity contribution in [3.8, 4) is 5.75 Å². The smallest absolute Gasteiger partial charge is 0.306 e. The monoisotopic (exact) mass is 333 g/mol. The number of aryl methyl sites for hydroxylation is 1. The second-order valence-electron chi connectivity index (χ2n) is 6.99. The minimum absolute atomic E-state index is 0.0743. The maximum atomic E-state index is 12.3. The number of carbonyl (C=O) groups is 2. The van der Waals surface area contributed by atoms with Crippen molar-refractivity contribution in [2.45, 2.75) is 65.0 Å². The highest BCUT2D eigenvalue weighted by Gasteiger charge is 2.31. The Morgan fingerprint density at radius 1 is 1.25 bits per heavy atom. The molecule has 0 heterocycles. The highest BCUT2D eigenvalue weighted by Crippen LogP contribution is 2.26. The molecule has 0 aromatic heterocycles. The van der Waals surface area contributed by atoms with Crippen LogP contribution in [0.5, 0.6) is 5.75 Å². The van der Waals surface area contributed by atoms with Crippen molar-refractivity contribution in [1.29, 1.82) is 0 Å². The summed E-state index contributed by atoms with van der Waals surface area (Å²) in [6.45, 7) is 8.04. The van der Waals surface area contributed by atoms with Gasteiger partial charge in [-0.3, -0.25) is 9.59 Å². The number of aliphatic carboxylic acids is 1. The summed E-state index contributed by atoms with van der Waals surface area (Å²) in [5, 5.41) is 11.9. The van der Waals surface area contributed by atoms with Crippen LogP contribution in [0, 0.1) is 12.8 Å². The third-order valence-electron chi connectivity index (χ3n) is 4.67. The summed E-state index contributed by atoms with van der Waals surface area (Å²) in [6, 6.07) is 5.81. The topological polar surface area (TPSA) is 75.6 Å². The first kappa shape index (κ1) is 18.3. The molecule has 24 heavy (non-hydrogen) atoms. The van der Waals surface area contributed by atoms with Crippen LogP contribution in [0.2, 0.25) is 0 Å². The van der Waals surface area contributed by atoms with Gasteiger partial charge in [-0.05, 0) is 62.3 Å². The van der Waals surface area contributed by atoms with Gasteiger partial charge in [0.25, 0.3) is 5.91 Å². The van der Waals surface area contributed by atoms with Crippen molar-refractivity contribution in [3.05, 3.63) is 29.3 Å². The fourth-order valence-electron chi connectivity index (χ4n) is 3.28. The molecule has 5 nitrogen and oxygen atoms in total. The van der Waals surface area contributed by atoms with E-state index in [0.29, 0.717) is 30.9 Å². The Labute approximate surface area is 143 Å². The summed E-state index contributed by atoms with van der Waals surface area (Å²) in [7, 11) is 0. The molecule has 1 saturated carbocycles. The van der Waals surface area contributed by atoms with Gasteiger partial charge in [-0.15, -0.1) is 0 Å². The molecule has 1 amide bonds. The van der Waals surface area contributed by atoms with Crippen molar-refractivity contribution >= 4 is 11.9 Å². The molecular formula is C19H27NO4. The van der Waals surface area contributed by atoms with E-state index in [0.717, 1.165) is 5.56 Å². The van der Waals surface area contributed by atoms with E-state index in [4.69, 9.17) is 9.84 Å². The number of rotatable bonds is 6. The first-order valence-corrected chi connectivity index (χ1v) is 8.58. The lowest BCUT2D eigenvalue weighted by molar-refractivity contribution is -0.141. The lowest BCUT2D eigenvalue weighted by Gasteiger charge is -2.19. The van der Waals surface area contributed by atoms with E-state index >= 15 is 0 Å². The van der Waals surface area contributed by atoms with Crippen LogP contribution in [0.1, 0.15) is 57.1 Å². The lowest BCUT2D eigenvalue weighted by Crippen LogP contribution is -2.41. The van der Waals surface area contributed by atoms with E-state index in [1.807, 2.05) is 25.1 Å². The van der Waals surface area contributed by atoms with Gasteiger partial charge >= 0.3 is 5.97 Å². The summed E-state index contributed by atoms with van der Waals surface area (Å²) in [5.41, 5.74) is 2.42. The highest BCUT2D eigenvalue weighted by molar-refractivity contribution is 5.81. The predicted molar refractivity (Wildman–Crippen MR) is 92.3 cm³/mol. The zero-order chi connectivity index (χ0) is 17.9. The van der Waals surface area contributed by atoms with Crippen molar-refractivity contribution in [3.63, 3.8) is 0 Å². The van der Waals surface area contributed by atoms with E-state index in [9.17, 15) is 9.59 Å². The van der Waals surface area contributed by atoms with E-state index < -0.39 is 12.1 Å². The van der Waals surface area contributed by atoms with Gasteiger partial charge in [0, 0.05) is 6.04 Å². The number of ether oxygens (including phenoxy) is 1. The average Bonchev–Trinajstić information content (AvgIpc) is 2.95. The fraction of sp³-hybridized carbons (Fsp3) is 0.579. The third kappa shape index (κ3) is 4.49. The third-order valence-corrected chi connectivity index (χ3v) is 4.67. The number of hydrogen-bond donors (Lipinski definition) is 2. The molecule has 5 heteroatoms. The Morgan fingerprint density at radius 3 is 2.50 bits per heavy atom. The number of nitrogens with one attached hydrogen (secondary N) is 1. The van der Waals surface area contributed by atoms with Gasteiger partial charge in [-0.1, -0.05) is 19.9 Å². The Morgan fingerprint density at radius 2 is 1.96 bits per heavy atom. The number of benzene rings is 1. The summed E-state index contributed by atoms with van der Waals surface area (Å²) >= 11 is 0. The van der Waals surface area contributed by atoms with Gasteiger partial charge < -0.3 is 15.2 Å². The molecule has 0 saturated heterocycles. The zero-order valence-corrected chi connectivity index (χ0v) is 14.8. The van der Waals surface area contributed by atoms with Gasteiger partial charge in [0.2, 0.25) is 0 Å². The first-order chi connectivity index (χ1) is 11.3. The molecular weight excluding hydrogens is 306 g/mol. The van der Waals surface area contributed by atoms with E-state index in [1.54, 1.807) is 6.92 Å². The summed E-state index contributed by atoms with van der Waals surface area (Å²) in [6.07, 6.45) is 1.21. The Bertz CT molecular complexity index is 611. The van der Waals surface area contributed by atoms with Crippen LogP contribution < -0.4 is 10.1 Å². The molecule has 1 unspecified atom stereocenters. The average molecular weight is 333 g/mol. The summed E-state index contributed by atoms with van der Waals surface area (Å²) < 4.78 is 5.75. The van der Waals surface area contributed by atoms with Gasteiger partial charge in [0.1, 0.15) is 5.75 Å². The van der Waals surface area contributed by atoms with Crippen LogP contribution in [-0.2, 0) is 9.59 Å². The number of hydrogen-bond acceptors (Lipinski definition) is 3. The fourth-order valence-corrected chi connectivity index (χ4v) is 3.28. The van der Waals surface area contributed by atoms with Crippen LogP contribution in [-0.4, -0.2) is 29.1 Å². The maximum Gasteiger partial charge on any atom is 0.306 e. The minimum Gasteiger partial charge on any atom is -0.481 e. The van der Waals surface area contributed by atoms with Crippen LogP contribution >= 0.6 is 0 Å². The van der Waals surface area contributed by atoms with Crippen LogP contribution in [0.25, 0.3) is 0 Å². The number of carboxylic acids is 1. The van der Waals surface area contributed by atoms with Crippen molar-refractivity contribution < 1.29 is 19.4 Å². The largest absolute Gasteiger partial charge is 0.481 e. The molecule has 1 aliphatic rings. The summed E-state index contributed by atoms with van der Waals surface area (Å²) in [4.78, 5) is 23.2. The molecule has 0 bridgehead atoms. The molecule has 3 atom stereocenters. The van der Waals surface area contributed by atoms with Crippen LogP contribution in [0.15, 0.2) is 18.2 Å². The van der Waals surface area contributed by atoms with Crippen LogP contribution in [0.3, 0.4) is 0 Å². The molecule has 1 aromatic carbocycles. The summed E-state index contributed by atoms with van der Waals surface area (Å²) in [5.74, 6) is -0.204. The Kier molecular flexibility index (Phi) is 5.86. The predicted octanol–water partition coefficient (Wildman–Crippen LogP) is 3.26. The quantitative estimate of drug-likeness (QED) is 0.838.